The Balaban J connectivity index is 2.86. The van der Waals surface area contributed by atoms with Crippen LogP contribution in [-0.2, 0) is 4.79 Å². The van der Waals surface area contributed by atoms with Gasteiger partial charge in [-0.1, -0.05) is 30.7 Å². The molecular weight excluding hydrogens is 292 g/mol. The molecule has 0 radical (unpaired) electrons. The third-order valence-corrected chi connectivity index (χ3v) is 3.54. The van der Waals surface area contributed by atoms with E-state index >= 15 is 0 Å². The second-order valence-electron chi connectivity index (χ2n) is 4.94. The molecule has 0 saturated carbocycles. The lowest BCUT2D eigenvalue weighted by molar-refractivity contribution is -0.137. The van der Waals surface area contributed by atoms with E-state index in [-0.39, 0.29) is 18.6 Å². The number of nitrogens with zero attached hydrogens (tertiary/aromatic N) is 2. The van der Waals surface area contributed by atoms with Crippen LogP contribution in [0.15, 0.2) is 24.3 Å². The third kappa shape index (κ3) is 4.93. The third-order valence-electron chi connectivity index (χ3n) is 3.30. The SMILES string of the molecule is CCCN(CC(=O)O)C(=O)N(C)C(C)c1cccc(Cl)c1. The second-order valence-corrected chi connectivity index (χ2v) is 5.38. The molecule has 0 spiro atoms. The number of aliphatic carboxylic acids is 1. The van der Waals surface area contributed by atoms with E-state index in [4.69, 9.17) is 16.7 Å². The van der Waals surface area contributed by atoms with Gasteiger partial charge in [-0.3, -0.25) is 4.79 Å². The van der Waals surface area contributed by atoms with Crippen LogP contribution in [0, 0.1) is 0 Å². The maximum Gasteiger partial charge on any atom is 0.323 e. The molecule has 116 valence electrons. The zero-order valence-electron chi connectivity index (χ0n) is 12.5. The Kier molecular flexibility index (Phi) is 6.49. The van der Waals surface area contributed by atoms with Gasteiger partial charge in [0.25, 0.3) is 0 Å². The molecule has 1 N–H and O–H groups in total. The Bertz CT molecular complexity index is 507. The smallest absolute Gasteiger partial charge is 0.323 e. The van der Waals surface area contributed by atoms with Crippen molar-refractivity contribution in [1.82, 2.24) is 9.80 Å². The summed E-state index contributed by atoms with van der Waals surface area (Å²) in [6.07, 6.45) is 0.707. The van der Waals surface area contributed by atoms with Gasteiger partial charge in [-0.05, 0) is 31.0 Å². The van der Waals surface area contributed by atoms with E-state index in [1.165, 1.54) is 9.80 Å². The minimum Gasteiger partial charge on any atom is -0.480 e. The van der Waals surface area contributed by atoms with Crippen LogP contribution in [0.25, 0.3) is 0 Å². The molecule has 1 aromatic rings. The summed E-state index contributed by atoms with van der Waals surface area (Å²) in [6, 6.07) is 6.80. The fourth-order valence-corrected chi connectivity index (χ4v) is 2.25. The monoisotopic (exact) mass is 312 g/mol. The van der Waals surface area contributed by atoms with Crippen LogP contribution in [0.3, 0.4) is 0 Å². The molecule has 21 heavy (non-hydrogen) atoms. The van der Waals surface area contributed by atoms with Crippen molar-refractivity contribution in [2.24, 2.45) is 0 Å². The van der Waals surface area contributed by atoms with Gasteiger partial charge in [-0.15, -0.1) is 0 Å². The molecule has 0 aliphatic heterocycles. The zero-order chi connectivity index (χ0) is 16.0. The molecule has 1 rings (SSSR count). The van der Waals surface area contributed by atoms with Gasteiger partial charge < -0.3 is 14.9 Å². The van der Waals surface area contributed by atoms with Gasteiger partial charge in [-0.25, -0.2) is 4.79 Å². The maximum absolute atomic E-state index is 12.4. The lowest BCUT2D eigenvalue weighted by atomic mass is 10.1. The number of hydrogen-bond acceptors (Lipinski definition) is 2. The van der Waals surface area contributed by atoms with Crippen LogP contribution in [0.5, 0.6) is 0 Å². The molecule has 0 saturated heterocycles. The van der Waals surface area contributed by atoms with Gasteiger partial charge in [0.05, 0.1) is 6.04 Å². The van der Waals surface area contributed by atoms with Gasteiger partial charge >= 0.3 is 12.0 Å². The van der Waals surface area contributed by atoms with Gasteiger partial charge in [-0.2, -0.15) is 0 Å². The van der Waals surface area contributed by atoms with Crippen LogP contribution >= 0.6 is 11.6 Å². The minimum atomic E-state index is -1.01. The normalized spacial score (nSPS) is 11.8. The summed E-state index contributed by atoms with van der Waals surface area (Å²) in [5.41, 5.74) is 0.908. The first-order valence-corrected chi connectivity index (χ1v) is 7.23. The average molecular weight is 313 g/mol. The van der Waals surface area contributed by atoms with E-state index in [2.05, 4.69) is 0 Å². The molecule has 0 aliphatic carbocycles. The van der Waals surface area contributed by atoms with Crippen LogP contribution in [0.2, 0.25) is 5.02 Å². The number of benzene rings is 1. The quantitative estimate of drug-likeness (QED) is 0.877. The van der Waals surface area contributed by atoms with Crippen LogP contribution in [0.1, 0.15) is 31.9 Å². The lowest BCUT2D eigenvalue weighted by Crippen LogP contribution is -2.44. The highest BCUT2D eigenvalue weighted by atomic mass is 35.5. The number of rotatable bonds is 6. The van der Waals surface area contributed by atoms with Gasteiger partial charge in [0.2, 0.25) is 0 Å². The summed E-state index contributed by atoms with van der Waals surface area (Å²) in [6.45, 7) is 3.91. The summed E-state index contributed by atoms with van der Waals surface area (Å²) in [7, 11) is 1.67. The van der Waals surface area contributed by atoms with E-state index in [1.807, 2.05) is 26.0 Å². The van der Waals surface area contributed by atoms with E-state index < -0.39 is 5.97 Å². The second kappa shape index (κ2) is 7.88. The summed E-state index contributed by atoms with van der Waals surface area (Å²) in [5.74, 6) is -1.01. The largest absolute Gasteiger partial charge is 0.480 e. The number of halogens is 1. The predicted octanol–water partition coefficient (Wildman–Crippen LogP) is 3.25. The molecule has 0 fully saturated rings. The van der Waals surface area contributed by atoms with E-state index in [1.54, 1.807) is 19.2 Å². The molecule has 1 unspecified atom stereocenters. The molecule has 0 aliphatic rings. The highest BCUT2D eigenvalue weighted by Gasteiger charge is 2.24. The Morgan fingerprint density at radius 2 is 2.05 bits per heavy atom. The number of carboxylic acids is 1. The van der Waals surface area contributed by atoms with Gasteiger partial charge in [0.1, 0.15) is 6.54 Å². The summed E-state index contributed by atoms with van der Waals surface area (Å²) >= 11 is 5.96. The zero-order valence-corrected chi connectivity index (χ0v) is 13.3. The van der Waals surface area contributed by atoms with Gasteiger partial charge in [0, 0.05) is 18.6 Å². The Morgan fingerprint density at radius 1 is 1.38 bits per heavy atom. The fraction of sp³-hybridized carbons (Fsp3) is 0.467. The number of hydrogen-bond donors (Lipinski definition) is 1. The molecule has 0 heterocycles. The first kappa shape index (κ1) is 17.3. The molecule has 1 aromatic carbocycles. The van der Waals surface area contributed by atoms with Crippen molar-refractivity contribution in [1.29, 1.82) is 0 Å². The van der Waals surface area contributed by atoms with E-state index in [0.717, 1.165) is 5.56 Å². The van der Waals surface area contributed by atoms with Crippen molar-refractivity contribution >= 4 is 23.6 Å². The summed E-state index contributed by atoms with van der Waals surface area (Å²) in [5, 5.41) is 9.51. The highest BCUT2D eigenvalue weighted by molar-refractivity contribution is 6.30. The van der Waals surface area contributed by atoms with Crippen LogP contribution in [-0.4, -0.2) is 47.0 Å². The molecule has 1 atom stereocenters. The maximum atomic E-state index is 12.4. The average Bonchev–Trinajstić information content (AvgIpc) is 2.44. The van der Waals surface area contributed by atoms with Gasteiger partial charge in [0.15, 0.2) is 0 Å². The predicted molar refractivity (Wildman–Crippen MR) is 82.5 cm³/mol. The molecular formula is C15H21ClN2O3. The topological polar surface area (TPSA) is 60.9 Å². The van der Waals surface area contributed by atoms with Crippen molar-refractivity contribution in [3.8, 4) is 0 Å². The molecule has 6 heteroatoms. The van der Waals surface area contributed by atoms with Crippen molar-refractivity contribution in [3.63, 3.8) is 0 Å². The fourth-order valence-electron chi connectivity index (χ4n) is 2.05. The molecule has 0 aromatic heterocycles. The van der Waals surface area contributed by atoms with Crippen molar-refractivity contribution < 1.29 is 14.7 Å². The van der Waals surface area contributed by atoms with Crippen molar-refractivity contribution in [2.45, 2.75) is 26.3 Å². The van der Waals surface area contributed by atoms with Crippen molar-refractivity contribution in [3.05, 3.63) is 34.9 Å². The first-order valence-electron chi connectivity index (χ1n) is 6.85. The Morgan fingerprint density at radius 3 is 2.57 bits per heavy atom. The number of carboxylic acid groups (broad SMARTS) is 1. The minimum absolute atomic E-state index is 0.190. The lowest BCUT2D eigenvalue weighted by Gasteiger charge is -2.31. The summed E-state index contributed by atoms with van der Waals surface area (Å²) < 4.78 is 0. The highest BCUT2D eigenvalue weighted by Crippen LogP contribution is 2.22. The number of urea groups is 1. The molecule has 5 nitrogen and oxygen atoms in total. The standard InChI is InChI=1S/C15H21ClN2O3/c1-4-8-18(10-14(19)20)15(21)17(3)11(2)12-6-5-7-13(16)9-12/h5-7,9,11H,4,8,10H2,1-3H3,(H,19,20). The van der Waals surface area contributed by atoms with Crippen LogP contribution < -0.4 is 0 Å². The van der Waals surface area contributed by atoms with E-state index in [0.29, 0.717) is 18.0 Å². The van der Waals surface area contributed by atoms with Crippen molar-refractivity contribution in [2.75, 3.05) is 20.1 Å². The number of carbonyl (C=O) groups is 2. The Labute approximate surface area is 130 Å². The summed E-state index contributed by atoms with van der Waals surface area (Å²) in [4.78, 5) is 26.2. The number of amides is 2. The Hall–Kier alpha value is -1.75. The molecule has 0 bridgehead atoms. The molecule has 2 amide bonds. The first-order chi connectivity index (χ1) is 9.86. The van der Waals surface area contributed by atoms with E-state index in [9.17, 15) is 9.59 Å². The van der Waals surface area contributed by atoms with Crippen LogP contribution in [0.4, 0.5) is 4.79 Å². The number of carbonyl (C=O) groups excluding carboxylic acids is 1.